The molecule has 0 spiro atoms. The lowest BCUT2D eigenvalue weighted by Crippen LogP contribution is -1.65. The Morgan fingerprint density at radius 1 is 1.50 bits per heavy atom. The van der Waals surface area contributed by atoms with Crippen LogP contribution in [0.25, 0.3) is 0 Å². The molecule has 2 heteroatoms. The number of rotatable bonds is 0. The van der Waals surface area contributed by atoms with Crippen LogP contribution in [0.1, 0.15) is 10.4 Å². The number of aryl methyl sites for hydroxylation is 1. The van der Waals surface area contributed by atoms with Gasteiger partial charge in [0.2, 0.25) is 0 Å². The Kier molecular flexibility index (Phi) is 1.59. The average Bonchev–Trinajstić information content (AvgIpc) is 1.98. The van der Waals surface area contributed by atoms with Gasteiger partial charge in [-0.05, 0) is 19.4 Å². The maximum atomic E-state index is 5.74. The average molecular weight is 147 g/mol. The topological polar surface area (TPSA) is 0 Å². The van der Waals surface area contributed by atoms with Gasteiger partial charge in [0.05, 0.1) is 5.02 Å². The third-order valence-corrected chi connectivity index (χ3v) is 2.76. The fourth-order valence-electron chi connectivity index (χ4n) is 0.485. The summed E-state index contributed by atoms with van der Waals surface area (Å²) in [6.07, 6.45) is 0. The molecule has 0 aliphatic carbocycles. The fraction of sp³-hybridized carbons (Fsp3) is 0.333. The zero-order chi connectivity index (χ0) is 6.15. The minimum Gasteiger partial charge on any atom is -0.147 e. The van der Waals surface area contributed by atoms with Crippen molar-refractivity contribution in [3.05, 3.63) is 20.8 Å². The van der Waals surface area contributed by atoms with Crippen molar-refractivity contribution in [1.29, 1.82) is 0 Å². The number of hydrogen-bond donors (Lipinski definition) is 0. The molecule has 44 valence electrons. The van der Waals surface area contributed by atoms with E-state index in [0.717, 1.165) is 5.02 Å². The number of hydrogen-bond acceptors (Lipinski definition) is 1. The van der Waals surface area contributed by atoms with Crippen LogP contribution in [0, 0.1) is 13.8 Å². The largest absolute Gasteiger partial charge is 0.147 e. The van der Waals surface area contributed by atoms with E-state index >= 15 is 0 Å². The van der Waals surface area contributed by atoms with Crippen LogP contribution < -0.4 is 0 Å². The van der Waals surface area contributed by atoms with Crippen molar-refractivity contribution < 1.29 is 0 Å². The summed E-state index contributed by atoms with van der Waals surface area (Å²) in [5.41, 5.74) is 1.22. The molecule has 0 bridgehead atoms. The summed E-state index contributed by atoms with van der Waals surface area (Å²) in [5, 5.41) is 2.86. The zero-order valence-electron chi connectivity index (χ0n) is 4.86. The van der Waals surface area contributed by atoms with Gasteiger partial charge in [-0.1, -0.05) is 11.6 Å². The van der Waals surface area contributed by atoms with Crippen molar-refractivity contribution in [2.45, 2.75) is 13.8 Å². The monoisotopic (exact) mass is 146 g/mol. The second-order valence-corrected chi connectivity index (χ2v) is 3.26. The highest BCUT2D eigenvalue weighted by molar-refractivity contribution is 7.10. The van der Waals surface area contributed by atoms with E-state index in [1.165, 1.54) is 10.4 Å². The summed E-state index contributed by atoms with van der Waals surface area (Å²) in [7, 11) is 0. The Labute approximate surface area is 58.1 Å². The Balaban J connectivity index is 3.19. The first-order chi connectivity index (χ1) is 3.72. The molecule has 0 aromatic carbocycles. The lowest BCUT2D eigenvalue weighted by molar-refractivity contribution is 1.44. The molecule has 1 rings (SSSR count). The highest BCUT2D eigenvalue weighted by Gasteiger charge is 1.97. The van der Waals surface area contributed by atoms with Crippen LogP contribution >= 0.6 is 22.9 Å². The van der Waals surface area contributed by atoms with E-state index in [9.17, 15) is 0 Å². The Morgan fingerprint density at radius 2 is 2.12 bits per heavy atom. The molecule has 0 radical (unpaired) electrons. The minimum atomic E-state index is 0.896. The molecule has 1 heterocycles. The summed E-state index contributed by atoms with van der Waals surface area (Å²) >= 11 is 7.44. The molecule has 0 aliphatic rings. The van der Waals surface area contributed by atoms with E-state index in [2.05, 4.69) is 6.92 Å². The summed E-state index contributed by atoms with van der Waals surface area (Å²) in [4.78, 5) is 1.31. The van der Waals surface area contributed by atoms with Gasteiger partial charge in [0.25, 0.3) is 0 Å². The molecule has 1 aromatic rings. The lowest BCUT2D eigenvalue weighted by Gasteiger charge is -1.84. The first kappa shape index (κ1) is 6.12. The first-order valence-corrected chi connectivity index (χ1v) is 3.68. The molecule has 1 aromatic heterocycles. The molecule has 0 aliphatic heterocycles. The summed E-state index contributed by atoms with van der Waals surface area (Å²) in [5.74, 6) is 0. The highest BCUT2D eigenvalue weighted by Crippen LogP contribution is 2.24. The molecule has 0 saturated carbocycles. The molecule has 8 heavy (non-hydrogen) atoms. The molecule has 0 unspecified atom stereocenters. The summed E-state index contributed by atoms with van der Waals surface area (Å²) < 4.78 is 0. The van der Waals surface area contributed by atoms with Crippen LogP contribution in [-0.4, -0.2) is 0 Å². The SMILES string of the molecule is Cc1scc(Cl)c1C. The van der Waals surface area contributed by atoms with Gasteiger partial charge < -0.3 is 0 Å². The van der Waals surface area contributed by atoms with Crippen molar-refractivity contribution in [3.8, 4) is 0 Å². The Bertz CT molecular complexity index is 171. The van der Waals surface area contributed by atoms with Crippen LogP contribution in [0.2, 0.25) is 5.02 Å². The van der Waals surface area contributed by atoms with Gasteiger partial charge in [-0.25, -0.2) is 0 Å². The molecular formula is C6H7ClS. The van der Waals surface area contributed by atoms with Gasteiger partial charge in [0, 0.05) is 10.3 Å². The van der Waals surface area contributed by atoms with E-state index in [1.807, 2.05) is 12.3 Å². The van der Waals surface area contributed by atoms with Gasteiger partial charge in [-0.15, -0.1) is 11.3 Å². The third-order valence-electron chi connectivity index (χ3n) is 1.23. The van der Waals surface area contributed by atoms with Crippen LogP contribution in [-0.2, 0) is 0 Å². The van der Waals surface area contributed by atoms with Crippen molar-refractivity contribution >= 4 is 22.9 Å². The molecule has 0 N–H and O–H groups in total. The maximum absolute atomic E-state index is 5.74. The number of halogens is 1. The molecule has 0 saturated heterocycles. The normalized spacial score (nSPS) is 9.88. The van der Waals surface area contributed by atoms with Crippen LogP contribution in [0.5, 0.6) is 0 Å². The smallest absolute Gasteiger partial charge is 0.0544 e. The van der Waals surface area contributed by atoms with Crippen LogP contribution in [0.15, 0.2) is 5.38 Å². The van der Waals surface area contributed by atoms with Crippen molar-refractivity contribution in [1.82, 2.24) is 0 Å². The highest BCUT2D eigenvalue weighted by atomic mass is 35.5. The second kappa shape index (κ2) is 2.08. The van der Waals surface area contributed by atoms with E-state index in [0.29, 0.717) is 0 Å². The van der Waals surface area contributed by atoms with E-state index in [1.54, 1.807) is 11.3 Å². The molecular weight excluding hydrogens is 140 g/mol. The Morgan fingerprint density at radius 3 is 2.25 bits per heavy atom. The molecule has 0 fully saturated rings. The first-order valence-electron chi connectivity index (χ1n) is 2.42. The van der Waals surface area contributed by atoms with E-state index in [4.69, 9.17) is 11.6 Å². The van der Waals surface area contributed by atoms with Crippen molar-refractivity contribution in [2.75, 3.05) is 0 Å². The van der Waals surface area contributed by atoms with Gasteiger partial charge in [0.1, 0.15) is 0 Å². The van der Waals surface area contributed by atoms with E-state index < -0.39 is 0 Å². The van der Waals surface area contributed by atoms with Crippen molar-refractivity contribution in [3.63, 3.8) is 0 Å². The lowest BCUT2D eigenvalue weighted by atomic mass is 10.3. The minimum absolute atomic E-state index is 0.896. The quantitative estimate of drug-likeness (QED) is 0.528. The fourth-order valence-corrected chi connectivity index (χ4v) is 1.56. The second-order valence-electron chi connectivity index (χ2n) is 1.76. The van der Waals surface area contributed by atoms with E-state index in [-0.39, 0.29) is 0 Å². The number of thiophene rings is 1. The van der Waals surface area contributed by atoms with Crippen molar-refractivity contribution in [2.24, 2.45) is 0 Å². The van der Waals surface area contributed by atoms with Gasteiger partial charge in [-0.2, -0.15) is 0 Å². The molecule has 0 amide bonds. The van der Waals surface area contributed by atoms with Gasteiger partial charge in [0.15, 0.2) is 0 Å². The predicted octanol–water partition coefficient (Wildman–Crippen LogP) is 3.02. The molecule has 0 nitrogen and oxygen atoms in total. The van der Waals surface area contributed by atoms with Gasteiger partial charge in [-0.3, -0.25) is 0 Å². The molecule has 0 atom stereocenters. The summed E-state index contributed by atoms with van der Waals surface area (Å²) in [6, 6.07) is 0. The Hall–Kier alpha value is -0.0100. The van der Waals surface area contributed by atoms with Gasteiger partial charge >= 0.3 is 0 Å². The van der Waals surface area contributed by atoms with Crippen LogP contribution in [0.4, 0.5) is 0 Å². The maximum Gasteiger partial charge on any atom is 0.0544 e. The van der Waals surface area contributed by atoms with Crippen LogP contribution in [0.3, 0.4) is 0 Å². The zero-order valence-corrected chi connectivity index (χ0v) is 6.44. The standard InChI is InChI=1S/C6H7ClS/c1-4-5(2)8-3-6(4)7/h3H,1-2H3. The summed E-state index contributed by atoms with van der Waals surface area (Å²) in [6.45, 7) is 4.11. The predicted molar refractivity (Wildman–Crippen MR) is 38.8 cm³/mol. The third kappa shape index (κ3) is 0.884.